The minimum Gasteiger partial charge on any atom is -0.494 e. The van der Waals surface area contributed by atoms with E-state index in [9.17, 15) is 4.79 Å². The number of carbonyl (C=O) groups is 1. The number of benzene rings is 2. The highest BCUT2D eigenvalue weighted by Gasteiger charge is 2.31. The van der Waals surface area contributed by atoms with Gasteiger partial charge in [-0.2, -0.15) is 0 Å². The Morgan fingerprint density at radius 2 is 1.91 bits per heavy atom. The average molecular weight is 518 g/mol. The topological polar surface area (TPSA) is 32.8 Å². The van der Waals surface area contributed by atoms with Crippen molar-refractivity contribution in [3.8, 4) is 5.75 Å². The lowest BCUT2D eigenvalue weighted by atomic mass is 9.90. The van der Waals surface area contributed by atoms with E-state index >= 15 is 0 Å². The second-order valence-electron chi connectivity index (χ2n) is 8.84. The standard InChI is InChI=1S/C26H33BrN2O2S/c1-2-31-23-8-9-25(27)22(17-23)16-20-10-13-28(14-11-20)15-12-24-19-29(26(30)32-24)18-21-6-4-3-5-7-21/h3-9,17,20,24H,2,10-16,18-19H2,1H3. The second kappa shape index (κ2) is 11.6. The van der Waals surface area contributed by atoms with Gasteiger partial charge >= 0.3 is 0 Å². The van der Waals surface area contributed by atoms with E-state index in [2.05, 4.69) is 45.1 Å². The molecule has 6 heteroatoms. The van der Waals surface area contributed by atoms with Gasteiger partial charge in [-0.15, -0.1) is 0 Å². The number of ether oxygens (including phenoxy) is 1. The van der Waals surface area contributed by atoms with E-state index in [0.29, 0.717) is 11.9 Å². The van der Waals surface area contributed by atoms with Crippen LogP contribution in [0.3, 0.4) is 0 Å². The minimum atomic E-state index is 0.234. The molecule has 0 spiro atoms. The van der Waals surface area contributed by atoms with Crippen molar-refractivity contribution in [2.75, 3.05) is 32.8 Å². The number of piperidine rings is 1. The van der Waals surface area contributed by atoms with Crippen molar-refractivity contribution in [1.29, 1.82) is 0 Å². The molecule has 1 amide bonds. The molecule has 2 aromatic rings. The Hall–Kier alpha value is -1.50. The van der Waals surface area contributed by atoms with Gasteiger partial charge in [0.25, 0.3) is 5.24 Å². The maximum Gasteiger partial charge on any atom is 0.282 e. The molecule has 4 rings (SSSR count). The molecule has 32 heavy (non-hydrogen) atoms. The molecule has 0 N–H and O–H groups in total. The first kappa shape index (κ1) is 23.7. The average Bonchev–Trinajstić information content (AvgIpc) is 3.15. The van der Waals surface area contributed by atoms with Crippen LogP contribution < -0.4 is 4.74 Å². The van der Waals surface area contributed by atoms with Gasteiger partial charge in [0.1, 0.15) is 5.75 Å². The molecule has 0 bridgehead atoms. The Balaban J connectivity index is 1.19. The van der Waals surface area contributed by atoms with Crippen LogP contribution in [0.25, 0.3) is 0 Å². The van der Waals surface area contributed by atoms with Crippen LogP contribution in [0, 0.1) is 5.92 Å². The fraction of sp³-hybridized carbons (Fsp3) is 0.500. The summed E-state index contributed by atoms with van der Waals surface area (Å²) in [6.45, 7) is 7.75. The molecular weight excluding hydrogens is 484 g/mol. The number of carbonyl (C=O) groups excluding carboxylic acids is 1. The predicted molar refractivity (Wildman–Crippen MR) is 136 cm³/mol. The number of thioether (sulfide) groups is 1. The number of likely N-dealkylation sites (tertiary alicyclic amines) is 1. The highest BCUT2D eigenvalue weighted by atomic mass is 79.9. The molecular formula is C26H33BrN2O2S. The van der Waals surface area contributed by atoms with Crippen molar-refractivity contribution in [1.82, 2.24) is 9.80 Å². The number of rotatable bonds is 9. The SMILES string of the molecule is CCOc1ccc(Br)c(CC2CCN(CCC3CN(Cc4ccccc4)C(=O)S3)CC2)c1. The molecule has 0 aromatic heterocycles. The number of amides is 1. The van der Waals surface area contributed by atoms with Crippen molar-refractivity contribution in [3.05, 3.63) is 64.1 Å². The number of halogens is 1. The Labute approximate surface area is 204 Å². The van der Waals surface area contributed by atoms with Crippen LogP contribution in [0.2, 0.25) is 0 Å². The summed E-state index contributed by atoms with van der Waals surface area (Å²) in [4.78, 5) is 17.0. The van der Waals surface area contributed by atoms with Gasteiger partial charge in [-0.1, -0.05) is 58.0 Å². The summed E-state index contributed by atoms with van der Waals surface area (Å²) in [7, 11) is 0. The zero-order chi connectivity index (χ0) is 22.3. The molecule has 2 heterocycles. The maximum atomic E-state index is 12.4. The number of hydrogen-bond donors (Lipinski definition) is 0. The summed E-state index contributed by atoms with van der Waals surface area (Å²) in [6.07, 6.45) is 4.68. The zero-order valence-corrected chi connectivity index (χ0v) is 21.2. The van der Waals surface area contributed by atoms with Crippen molar-refractivity contribution in [2.24, 2.45) is 5.92 Å². The summed E-state index contributed by atoms with van der Waals surface area (Å²) in [5.74, 6) is 1.69. The molecule has 0 radical (unpaired) electrons. The largest absolute Gasteiger partial charge is 0.494 e. The van der Waals surface area contributed by atoms with Crippen molar-refractivity contribution < 1.29 is 9.53 Å². The van der Waals surface area contributed by atoms with E-state index in [4.69, 9.17) is 4.74 Å². The van der Waals surface area contributed by atoms with E-state index in [1.165, 1.54) is 40.2 Å². The van der Waals surface area contributed by atoms with Gasteiger partial charge in [-0.05, 0) is 87.5 Å². The van der Waals surface area contributed by atoms with Crippen LogP contribution >= 0.6 is 27.7 Å². The molecule has 0 saturated carbocycles. The van der Waals surface area contributed by atoms with Gasteiger partial charge < -0.3 is 14.5 Å². The third kappa shape index (κ3) is 6.52. The fourth-order valence-electron chi connectivity index (χ4n) is 4.67. The molecule has 2 aliphatic rings. The summed E-state index contributed by atoms with van der Waals surface area (Å²) in [6, 6.07) is 16.6. The van der Waals surface area contributed by atoms with Gasteiger partial charge in [-0.25, -0.2) is 0 Å². The molecule has 2 fully saturated rings. The van der Waals surface area contributed by atoms with Gasteiger partial charge in [0, 0.05) is 22.8 Å². The predicted octanol–water partition coefficient (Wildman–Crippen LogP) is 6.23. The second-order valence-corrected chi connectivity index (χ2v) is 10.9. The van der Waals surface area contributed by atoms with E-state index < -0.39 is 0 Å². The van der Waals surface area contributed by atoms with Crippen LogP contribution in [0.5, 0.6) is 5.75 Å². The van der Waals surface area contributed by atoms with Crippen LogP contribution in [0.1, 0.15) is 37.3 Å². The van der Waals surface area contributed by atoms with Gasteiger partial charge in [0.2, 0.25) is 0 Å². The smallest absolute Gasteiger partial charge is 0.282 e. The summed E-state index contributed by atoms with van der Waals surface area (Å²) >= 11 is 5.25. The lowest BCUT2D eigenvalue weighted by molar-refractivity contribution is 0.180. The number of nitrogens with zero attached hydrogens (tertiary/aromatic N) is 2. The van der Waals surface area contributed by atoms with Crippen LogP contribution in [-0.2, 0) is 13.0 Å². The monoisotopic (exact) mass is 516 g/mol. The molecule has 2 aromatic carbocycles. The fourth-order valence-corrected chi connectivity index (χ4v) is 6.13. The van der Waals surface area contributed by atoms with E-state index in [1.807, 2.05) is 36.1 Å². The highest BCUT2D eigenvalue weighted by molar-refractivity contribution is 9.10. The Morgan fingerprint density at radius 3 is 2.66 bits per heavy atom. The van der Waals surface area contributed by atoms with Gasteiger partial charge in [0.15, 0.2) is 0 Å². The lowest BCUT2D eigenvalue weighted by Crippen LogP contribution is -2.36. The first-order valence-electron chi connectivity index (χ1n) is 11.7. The summed E-state index contributed by atoms with van der Waals surface area (Å²) < 4.78 is 6.86. The van der Waals surface area contributed by atoms with Crippen molar-refractivity contribution >= 4 is 32.9 Å². The van der Waals surface area contributed by atoms with E-state index in [1.54, 1.807) is 0 Å². The number of hydrogen-bond acceptors (Lipinski definition) is 4. The maximum absolute atomic E-state index is 12.4. The first-order chi connectivity index (χ1) is 15.6. The molecule has 172 valence electrons. The van der Waals surface area contributed by atoms with Crippen molar-refractivity contribution in [2.45, 2.75) is 44.4 Å². The van der Waals surface area contributed by atoms with Crippen LogP contribution in [0.4, 0.5) is 4.79 Å². The molecule has 0 aliphatic carbocycles. The third-order valence-electron chi connectivity index (χ3n) is 6.48. The van der Waals surface area contributed by atoms with Crippen LogP contribution in [-0.4, -0.2) is 53.1 Å². The van der Waals surface area contributed by atoms with E-state index in [0.717, 1.165) is 57.2 Å². The quantitative estimate of drug-likeness (QED) is 0.395. The summed E-state index contributed by atoms with van der Waals surface area (Å²) in [5, 5.41) is 0.651. The highest BCUT2D eigenvalue weighted by Crippen LogP contribution is 2.31. The summed E-state index contributed by atoms with van der Waals surface area (Å²) in [5.41, 5.74) is 2.57. The minimum absolute atomic E-state index is 0.234. The van der Waals surface area contributed by atoms with Crippen molar-refractivity contribution in [3.63, 3.8) is 0 Å². The Kier molecular flexibility index (Phi) is 8.55. The normalized spacial score (nSPS) is 20.1. The van der Waals surface area contributed by atoms with Gasteiger partial charge in [-0.3, -0.25) is 4.79 Å². The molecule has 4 nitrogen and oxygen atoms in total. The molecule has 2 saturated heterocycles. The third-order valence-corrected chi connectivity index (χ3v) is 8.43. The van der Waals surface area contributed by atoms with Crippen LogP contribution in [0.15, 0.2) is 53.0 Å². The molecule has 2 aliphatic heterocycles. The zero-order valence-electron chi connectivity index (χ0n) is 18.8. The Bertz CT molecular complexity index is 887. The molecule has 1 unspecified atom stereocenters. The van der Waals surface area contributed by atoms with E-state index in [-0.39, 0.29) is 5.24 Å². The first-order valence-corrected chi connectivity index (χ1v) is 13.4. The lowest BCUT2D eigenvalue weighted by Gasteiger charge is -2.32. The Morgan fingerprint density at radius 1 is 1.12 bits per heavy atom. The van der Waals surface area contributed by atoms with Gasteiger partial charge in [0.05, 0.1) is 6.61 Å². The molecule has 1 atom stereocenters.